The highest BCUT2D eigenvalue weighted by Gasteiger charge is 2.34. The third-order valence-electron chi connectivity index (χ3n) is 3.81. The quantitative estimate of drug-likeness (QED) is 0.660. The summed E-state index contributed by atoms with van der Waals surface area (Å²) in [6, 6.07) is 9.17. The smallest absolute Gasteiger partial charge is 0.417 e. The van der Waals surface area contributed by atoms with Gasteiger partial charge >= 0.3 is 6.18 Å². The van der Waals surface area contributed by atoms with E-state index in [1.807, 2.05) is 13.8 Å². The van der Waals surface area contributed by atoms with Crippen LogP contribution in [0.2, 0.25) is 0 Å². The lowest BCUT2D eigenvalue weighted by molar-refractivity contribution is -0.137. The lowest BCUT2D eigenvalue weighted by atomic mass is 9.97. The normalized spacial score (nSPS) is 12.2. The highest BCUT2D eigenvalue weighted by atomic mass is 19.4. The molecule has 7 heteroatoms. The van der Waals surface area contributed by atoms with Crippen LogP contribution in [0.25, 0.3) is 0 Å². The second-order valence-electron chi connectivity index (χ2n) is 5.46. The Labute approximate surface area is 154 Å². The van der Waals surface area contributed by atoms with Crippen LogP contribution >= 0.6 is 0 Å². The third-order valence-corrected chi connectivity index (χ3v) is 3.81. The van der Waals surface area contributed by atoms with Gasteiger partial charge in [0, 0.05) is 24.0 Å². The molecule has 0 saturated carbocycles. The van der Waals surface area contributed by atoms with Gasteiger partial charge in [0.2, 0.25) is 6.79 Å². The van der Waals surface area contributed by atoms with Crippen LogP contribution in [0.4, 0.5) is 13.2 Å². The van der Waals surface area contributed by atoms with Crippen LogP contribution < -0.4 is 9.47 Å². The molecule has 0 fully saturated rings. The van der Waals surface area contributed by atoms with Crippen LogP contribution in [-0.2, 0) is 6.18 Å². The van der Waals surface area contributed by atoms with Crippen molar-refractivity contribution in [3.63, 3.8) is 0 Å². The van der Waals surface area contributed by atoms with Crippen LogP contribution in [0.15, 0.2) is 42.5 Å². The van der Waals surface area contributed by atoms with E-state index < -0.39 is 23.1 Å². The first-order valence-electron chi connectivity index (χ1n) is 8.48. The van der Waals surface area contributed by atoms with Crippen molar-refractivity contribution >= 4 is 11.6 Å². The first-order chi connectivity index (χ1) is 12.9. The number of halogens is 3. The molecule has 0 spiro atoms. The number of rotatable bonds is 5. The minimum absolute atomic E-state index is 0.0691. The van der Waals surface area contributed by atoms with Crippen LogP contribution in [0.5, 0.6) is 11.5 Å². The van der Waals surface area contributed by atoms with Crippen molar-refractivity contribution in [1.29, 1.82) is 0 Å². The van der Waals surface area contributed by atoms with E-state index in [4.69, 9.17) is 9.47 Å². The highest BCUT2D eigenvalue weighted by molar-refractivity contribution is 6.03. The Hall–Kier alpha value is -2.83. The first kappa shape index (κ1) is 20.5. The second-order valence-corrected chi connectivity index (χ2v) is 5.46. The topological polar surface area (TPSA) is 52.6 Å². The van der Waals surface area contributed by atoms with Gasteiger partial charge in [0.1, 0.15) is 0 Å². The number of alkyl halides is 3. The number of carbonyl (C=O) groups excluding carboxylic acids is 2. The summed E-state index contributed by atoms with van der Waals surface area (Å²) >= 11 is 0. The second kappa shape index (κ2) is 8.70. The van der Waals surface area contributed by atoms with Crippen molar-refractivity contribution in [2.75, 3.05) is 6.79 Å². The molecule has 4 nitrogen and oxygen atoms in total. The Morgan fingerprint density at radius 1 is 0.926 bits per heavy atom. The molecule has 1 heterocycles. The van der Waals surface area contributed by atoms with E-state index in [-0.39, 0.29) is 25.4 Å². The maximum Gasteiger partial charge on any atom is 0.417 e. The lowest BCUT2D eigenvalue weighted by Crippen LogP contribution is -2.14. The number of hydrogen-bond donors (Lipinski definition) is 0. The number of ether oxygens (including phenoxy) is 2. The molecule has 27 heavy (non-hydrogen) atoms. The summed E-state index contributed by atoms with van der Waals surface area (Å²) in [6.45, 7) is 4.07. The van der Waals surface area contributed by atoms with Crippen molar-refractivity contribution in [3.8, 4) is 11.5 Å². The van der Waals surface area contributed by atoms with Crippen molar-refractivity contribution in [3.05, 3.63) is 59.2 Å². The van der Waals surface area contributed by atoms with Gasteiger partial charge in [0.25, 0.3) is 0 Å². The molecule has 3 rings (SSSR count). The Kier molecular flexibility index (Phi) is 6.60. The molecule has 0 bridgehead atoms. The fourth-order valence-electron chi connectivity index (χ4n) is 2.55. The summed E-state index contributed by atoms with van der Waals surface area (Å²) in [6.07, 6.45) is -5.11. The van der Waals surface area contributed by atoms with Crippen molar-refractivity contribution < 1.29 is 32.2 Å². The largest absolute Gasteiger partial charge is 0.454 e. The summed E-state index contributed by atoms with van der Waals surface area (Å²) in [5, 5.41) is 0. The van der Waals surface area contributed by atoms with Gasteiger partial charge in [-0.05, 0) is 24.3 Å². The predicted octanol–water partition coefficient (Wildman–Crippen LogP) is 5.31. The van der Waals surface area contributed by atoms with E-state index in [0.717, 1.165) is 12.1 Å². The summed E-state index contributed by atoms with van der Waals surface area (Å²) in [5.41, 5.74) is -1.09. The van der Waals surface area contributed by atoms with Crippen LogP contribution in [0.3, 0.4) is 0 Å². The summed E-state index contributed by atoms with van der Waals surface area (Å²) < 4.78 is 49.2. The van der Waals surface area contributed by atoms with Crippen molar-refractivity contribution in [2.24, 2.45) is 0 Å². The first-order valence-corrected chi connectivity index (χ1v) is 8.48. The molecule has 1 aliphatic heterocycles. The van der Waals surface area contributed by atoms with Crippen LogP contribution in [0.1, 0.15) is 53.0 Å². The van der Waals surface area contributed by atoms with Crippen LogP contribution in [-0.4, -0.2) is 18.4 Å². The number of benzene rings is 2. The summed E-state index contributed by atoms with van der Waals surface area (Å²) in [5.74, 6) is -0.121. The van der Waals surface area contributed by atoms with E-state index in [9.17, 15) is 22.8 Å². The molecule has 0 aromatic heterocycles. The molecule has 0 saturated heterocycles. The fraction of sp³-hybridized carbons (Fsp3) is 0.300. The van der Waals surface area contributed by atoms with E-state index in [2.05, 4.69) is 0 Å². The minimum Gasteiger partial charge on any atom is -0.454 e. The minimum atomic E-state index is -4.62. The molecule has 0 amide bonds. The molecule has 0 unspecified atom stereocenters. The van der Waals surface area contributed by atoms with E-state index in [0.29, 0.717) is 17.1 Å². The fourth-order valence-corrected chi connectivity index (χ4v) is 2.55. The average Bonchev–Trinajstić information content (AvgIpc) is 3.14. The van der Waals surface area contributed by atoms with E-state index in [1.165, 1.54) is 24.3 Å². The third kappa shape index (κ3) is 4.87. The molecule has 0 atom stereocenters. The molecular weight excluding hydrogens is 361 g/mol. The standard InChI is InChI=1S/C18H13F3O4.C2H6/c19-18(20,21)13-4-2-1-3-12(13)15(23)7-6-14(22)11-5-8-16-17(9-11)25-10-24-16;1-2/h1-5,8-9H,6-7,10H2;1-2H3. The van der Waals surface area contributed by atoms with Gasteiger partial charge in [0.05, 0.1) is 5.56 Å². The summed E-state index contributed by atoms with van der Waals surface area (Å²) in [7, 11) is 0. The SMILES string of the molecule is CC.O=C(CCC(=O)c1ccccc1C(F)(F)F)c1ccc2c(c1)OCO2. The maximum atomic E-state index is 13.0. The number of Topliss-reactive ketones (excluding diaryl/α,β-unsaturated/α-hetero) is 2. The highest BCUT2D eigenvalue weighted by Crippen LogP contribution is 2.34. The molecule has 0 radical (unpaired) electrons. The summed E-state index contributed by atoms with van der Waals surface area (Å²) in [4.78, 5) is 24.3. The van der Waals surface area contributed by atoms with Crippen molar-refractivity contribution in [2.45, 2.75) is 32.9 Å². The Morgan fingerprint density at radius 2 is 1.56 bits per heavy atom. The maximum absolute atomic E-state index is 13.0. The van der Waals surface area contributed by atoms with Gasteiger partial charge in [-0.1, -0.05) is 32.0 Å². The number of ketones is 2. The lowest BCUT2D eigenvalue weighted by Gasteiger charge is -2.11. The molecule has 1 aliphatic rings. The predicted molar refractivity (Wildman–Crippen MR) is 93.3 cm³/mol. The zero-order chi connectivity index (χ0) is 20.0. The molecule has 144 valence electrons. The van der Waals surface area contributed by atoms with Crippen molar-refractivity contribution in [1.82, 2.24) is 0 Å². The number of fused-ring (bicyclic) bond motifs is 1. The van der Waals surface area contributed by atoms with Gasteiger partial charge in [-0.2, -0.15) is 13.2 Å². The molecular formula is C20H19F3O4. The van der Waals surface area contributed by atoms with Gasteiger partial charge in [-0.15, -0.1) is 0 Å². The Balaban J connectivity index is 0.00000126. The molecule has 2 aromatic carbocycles. The van der Waals surface area contributed by atoms with Gasteiger partial charge in [-0.3, -0.25) is 9.59 Å². The zero-order valence-electron chi connectivity index (χ0n) is 14.9. The van der Waals surface area contributed by atoms with Crippen LogP contribution in [0, 0.1) is 0 Å². The van der Waals surface area contributed by atoms with Gasteiger partial charge < -0.3 is 9.47 Å². The molecule has 2 aromatic rings. The van der Waals surface area contributed by atoms with Gasteiger partial charge in [0.15, 0.2) is 23.1 Å². The Bertz CT molecular complexity index is 828. The van der Waals surface area contributed by atoms with E-state index in [1.54, 1.807) is 6.07 Å². The monoisotopic (exact) mass is 380 g/mol. The Morgan fingerprint density at radius 3 is 2.26 bits per heavy atom. The van der Waals surface area contributed by atoms with Gasteiger partial charge in [-0.25, -0.2) is 0 Å². The number of carbonyl (C=O) groups is 2. The number of hydrogen-bond acceptors (Lipinski definition) is 4. The molecule has 0 N–H and O–H groups in total. The molecule has 0 aliphatic carbocycles. The zero-order valence-corrected chi connectivity index (χ0v) is 14.9. The average molecular weight is 380 g/mol. The van der Waals surface area contributed by atoms with E-state index >= 15 is 0 Å².